The highest BCUT2D eigenvalue weighted by molar-refractivity contribution is 6.09. The van der Waals surface area contributed by atoms with E-state index < -0.39 is 17.5 Å². The van der Waals surface area contributed by atoms with Crippen LogP contribution in [0.1, 0.15) is 12.7 Å². The van der Waals surface area contributed by atoms with Gasteiger partial charge in [-0.05, 0) is 19.1 Å². The van der Waals surface area contributed by atoms with Crippen molar-refractivity contribution in [1.29, 1.82) is 0 Å². The number of imide groups is 1. The maximum absolute atomic E-state index is 13.0. The van der Waals surface area contributed by atoms with E-state index in [0.29, 0.717) is 24.4 Å². The fourth-order valence-electron chi connectivity index (χ4n) is 3.06. The lowest BCUT2D eigenvalue weighted by molar-refractivity contribution is -0.138. The molecule has 3 rings (SSSR count). The van der Waals surface area contributed by atoms with Crippen molar-refractivity contribution >= 4 is 28.8 Å². The number of carbonyl (C=O) groups excluding carboxylic acids is 3. The van der Waals surface area contributed by atoms with Gasteiger partial charge in [-0.15, -0.1) is 13.2 Å². The van der Waals surface area contributed by atoms with Gasteiger partial charge in [-0.1, -0.05) is 30.4 Å². The first-order valence-corrected chi connectivity index (χ1v) is 8.53. The predicted molar refractivity (Wildman–Crippen MR) is 101 cm³/mol. The number of benzene rings is 1. The van der Waals surface area contributed by atoms with Crippen LogP contribution in [0.15, 0.2) is 60.1 Å². The van der Waals surface area contributed by atoms with Gasteiger partial charge in [0.1, 0.15) is 17.9 Å². The van der Waals surface area contributed by atoms with E-state index in [1.165, 1.54) is 4.90 Å². The molecular formula is C20H21N3O4. The summed E-state index contributed by atoms with van der Waals surface area (Å²) in [5.41, 5.74) is -0.744. The lowest BCUT2D eigenvalue weighted by atomic mass is 9.99. The minimum Gasteiger partial charge on any atom is -0.458 e. The Balaban J connectivity index is 1.84. The summed E-state index contributed by atoms with van der Waals surface area (Å²) in [6, 6.07) is 8.42. The third-order valence-corrected chi connectivity index (χ3v) is 4.54. The Bertz CT molecular complexity index is 889. The molecule has 140 valence electrons. The van der Waals surface area contributed by atoms with Gasteiger partial charge in [0.2, 0.25) is 5.91 Å². The standard InChI is InChI=1S/C20H21N3O4/c1-4-10-22(11-5-2)17(24)13-23-18(25)20(3,21-19(23)26)16-12-14-8-6-7-9-15(14)27-16/h4-9,12H,1-2,10-11,13H2,3H3,(H,21,26). The number of hydrogen-bond donors (Lipinski definition) is 1. The van der Waals surface area contributed by atoms with Crippen LogP contribution in [0.2, 0.25) is 0 Å². The van der Waals surface area contributed by atoms with Crippen molar-refractivity contribution in [1.82, 2.24) is 15.1 Å². The van der Waals surface area contributed by atoms with Crippen molar-refractivity contribution in [2.24, 2.45) is 0 Å². The molecule has 1 saturated heterocycles. The van der Waals surface area contributed by atoms with Crippen LogP contribution in [0, 0.1) is 0 Å². The summed E-state index contributed by atoms with van der Waals surface area (Å²) in [7, 11) is 0. The zero-order valence-electron chi connectivity index (χ0n) is 15.1. The summed E-state index contributed by atoms with van der Waals surface area (Å²) in [5.74, 6) is -0.574. The zero-order chi connectivity index (χ0) is 19.6. The lowest BCUT2D eigenvalue weighted by Gasteiger charge is -2.22. The number of nitrogens with one attached hydrogen (secondary N) is 1. The van der Waals surface area contributed by atoms with Crippen molar-refractivity contribution in [3.05, 3.63) is 61.4 Å². The highest BCUT2D eigenvalue weighted by Crippen LogP contribution is 2.32. The zero-order valence-corrected chi connectivity index (χ0v) is 15.1. The Morgan fingerprint density at radius 3 is 2.56 bits per heavy atom. The Kier molecular flexibility index (Phi) is 4.85. The maximum Gasteiger partial charge on any atom is 0.325 e. The third-order valence-electron chi connectivity index (χ3n) is 4.54. The SMILES string of the molecule is C=CCN(CC=C)C(=O)CN1C(=O)NC(C)(c2cc3ccccc3o2)C1=O. The highest BCUT2D eigenvalue weighted by Gasteiger charge is 2.51. The monoisotopic (exact) mass is 367 g/mol. The third kappa shape index (κ3) is 3.23. The lowest BCUT2D eigenvalue weighted by Crippen LogP contribution is -2.44. The van der Waals surface area contributed by atoms with Crippen LogP contribution in [0.4, 0.5) is 4.79 Å². The van der Waals surface area contributed by atoms with Crippen molar-refractivity contribution < 1.29 is 18.8 Å². The molecule has 0 saturated carbocycles. The van der Waals surface area contributed by atoms with E-state index in [4.69, 9.17) is 4.42 Å². The molecule has 27 heavy (non-hydrogen) atoms. The van der Waals surface area contributed by atoms with Crippen LogP contribution in [-0.2, 0) is 15.1 Å². The van der Waals surface area contributed by atoms with Gasteiger partial charge in [0.25, 0.3) is 5.91 Å². The van der Waals surface area contributed by atoms with Crippen LogP contribution in [0.5, 0.6) is 0 Å². The molecule has 0 aliphatic carbocycles. The first-order valence-electron chi connectivity index (χ1n) is 8.53. The summed E-state index contributed by atoms with van der Waals surface area (Å²) in [6.07, 6.45) is 3.15. The molecule has 4 amide bonds. The van der Waals surface area contributed by atoms with Gasteiger partial charge in [0.15, 0.2) is 5.54 Å². The number of hydrogen-bond acceptors (Lipinski definition) is 4. The molecule has 7 nitrogen and oxygen atoms in total. The molecule has 0 radical (unpaired) electrons. The molecule has 1 unspecified atom stereocenters. The number of urea groups is 1. The minimum atomic E-state index is -1.36. The van der Waals surface area contributed by atoms with E-state index in [2.05, 4.69) is 18.5 Å². The quantitative estimate of drug-likeness (QED) is 0.602. The van der Waals surface area contributed by atoms with Gasteiger partial charge in [-0.25, -0.2) is 4.79 Å². The molecule has 1 aliphatic rings. The number of fused-ring (bicyclic) bond motifs is 1. The first-order chi connectivity index (χ1) is 12.9. The number of nitrogens with zero attached hydrogens (tertiary/aromatic N) is 2. The molecule has 0 spiro atoms. The van der Waals surface area contributed by atoms with E-state index in [1.54, 1.807) is 31.2 Å². The molecule has 1 aliphatic heterocycles. The molecule has 0 bridgehead atoms. The van der Waals surface area contributed by atoms with E-state index >= 15 is 0 Å². The van der Waals surface area contributed by atoms with Crippen LogP contribution >= 0.6 is 0 Å². The van der Waals surface area contributed by atoms with Crippen LogP contribution in [-0.4, -0.2) is 47.3 Å². The number of para-hydroxylation sites is 1. The van der Waals surface area contributed by atoms with Crippen LogP contribution in [0.3, 0.4) is 0 Å². The fraction of sp³-hybridized carbons (Fsp3) is 0.250. The molecule has 1 N–H and O–H groups in total. The average molecular weight is 367 g/mol. The molecule has 2 aromatic rings. The predicted octanol–water partition coefficient (Wildman–Crippen LogP) is 2.40. The van der Waals surface area contributed by atoms with Crippen LogP contribution in [0.25, 0.3) is 11.0 Å². The maximum atomic E-state index is 13.0. The smallest absolute Gasteiger partial charge is 0.325 e. The summed E-state index contributed by atoms with van der Waals surface area (Å²) in [6.45, 7) is 9.03. The molecule has 1 fully saturated rings. The van der Waals surface area contributed by atoms with Crippen molar-refractivity contribution in [2.75, 3.05) is 19.6 Å². The van der Waals surface area contributed by atoms with Crippen molar-refractivity contribution in [3.63, 3.8) is 0 Å². The summed E-state index contributed by atoms with van der Waals surface area (Å²) < 4.78 is 5.77. The average Bonchev–Trinajstić information content (AvgIpc) is 3.17. The molecule has 1 aromatic carbocycles. The number of amides is 4. The summed E-state index contributed by atoms with van der Waals surface area (Å²) >= 11 is 0. The molecule has 1 aromatic heterocycles. The van der Waals surface area contributed by atoms with Gasteiger partial charge in [-0.3, -0.25) is 14.5 Å². The molecular weight excluding hydrogens is 346 g/mol. The Morgan fingerprint density at radius 1 is 1.26 bits per heavy atom. The van der Waals surface area contributed by atoms with Crippen molar-refractivity contribution in [3.8, 4) is 0 Å². The second-order valence-electron chi connectivity index (χ2n) is 6.47. The fourth-order valence-corrected chi connectivity index (χ4v) is 3.06. The number of carbonyl (C=O) groups is 3. The Hall–Kier alpha value is -3.35. The Labute approximate surface area is 156 Å². The van der Waals surface area contributed by atoms with Gasteiger partial charge in [-0.2, -0.15) is 0 Å². The van der Waals surface area contributed by atoms with Gasteiger partial charge in [0, 0.05) is 18.5 Å². The number of furan rings is 1. The second-order valence-corrected chi connectivity index (χ2v) is 6.47. The first kappa shape index (κ1) is 18.4. The Morgan fingerprint density at radius 2 is 1.93 bits per heavy atom. The van der Waals surface area contributed by atoms with E-state index in [0.717, 1.165) is 10.3 Å². The van der Waals surface area contributed by atoms with Crippen molar-refractivity contribution in [2.45, 2.75) is 12.5 Å². The topological polar surface area (TPSA) is 82.9 Å². The normalized spacial score (nSPS) is 19.2. The van der Waals surface area contributed by atoms with E-state index in [1.807, 2.05) is 18.2 Å². The summed E-state index contributed by atoms with van der Waals surface area (Å²) in [5, 5.41) is 3.48. The molecule has 1 atom stereocenters. The minimum absolute atomic E-state index is 0.301. The summed E-state index contributed by atoms with van der Waals surface area (Å²) in [4.78, 5) is 40.2. The van der Waals surface area contributed by atoms with Gasteiger partial charge >= 0.3 is 6.03 Å². The highest BCUT2D eigenvalue weighted by atomic mass is 16.3. The van der Waals surface area contributed by atoms with Crippen LogP contribution < -0.4 is 5.32 Å². The second kappa shape index (κ2) is 7.11. The molecule has 7 heteroatoms. The molecule has 2 heterocycles. The van der Waals surface area contributed by atoms with E-state index in [-0.39, 0.29) is 12.5 Å². The largest absolute Gasteiger partial charge is 0.458 e. The van der Waals surface area contributed by atoms with Gasteiger partial charge < -0.3 is 14.6 Å². The van der Waals surface area contributed by atoms with E-state index in [9.17, 15) is 14.4 Å². The number of rotatable bonds is 7. The van der Waals surface area contributed by atoms with Gasteiger partial charge in [0.05, 0.1) is 0 Å².